The van der Waals surface area contributed by atoms with E-state index in [1.54, 1.807) is 0 Å². The number of carbonyl (C=O) groups is 1. The molecule has 0 unspecified atom stereocenters. The zero-order valence-corrected chi connectivity index (χ0v) is 11.4. The summed E-state index contributed by atoms with van der Waals surface area (Å²) < 4.78 is 2.16. The predicted molar refractivity (Wildman–Crippen MR) is 86.2 cm³/mol. The zero-order valence-electron chi connectivity index (χ0n) is 11.4. The van der Waals surface area contributed by atoms with Crippen LogP contribution in [0.15, 0.2) is 72.8 Å². The number of carbonyl (C=O) groups excluding carboxylic acids is 1. The summed E-state index contributed by atoms with van der Waals surface area (Å²) in [4.78, 5) is 11.5. The average molecular weight is 271 g/mol. The van der Waals surface area contributed by atoms with Crippen molar-refractivity contribution in [3.05, 3.63) is 78.4 Å². The van der Waals surface area contributed by atoms with Crippen molar-refractivity contribution in [2.24, 2.45) is 0 Å². The topological polar surface area (TPSA) is 22.0 Å². The maximum Gasteiger partial charge on any atom is 0.152 e. The average Bonchev–Trinajstić information content (AvgIpc) is 2.90. The number of para-hydroxylation sites is 3. The molecule has 2 heteroatoms. The van der Waals surface area contributed by atoms with Gasteiger partial charge in [0.05, 0.1) is 11.0 Å². The monoisotopic (exact) mass is 271 g/mol. The van der Waals surface area contributed by atoms with Crippen LogP contribution in [0.25, 0.3) is 27.5 Å². The van der Waals surface area contributed by atoms with Gasteiger partial charge in [0.2, 0.25) is 0 Å². The highest BCUT2D eigenvalue weighted by molar-refractivity contribution is 6.13. The highest BCUT2D eigenvalue weighted by Crippen LogP contribution is 2.33. The summed E-state index contributed by atoms with van der Waals surface area (Å²) in [7, 11) is 0. The lowest BCUT2D eigenvalue weighted by Gasteiger charge is -2.08. The van der Waals surface area contributed by atoms with Crippen LogP contribution in [0.5, 0.6) is 0 Å². The Balaban J connectivity index is 2.28. The summed E-state index contributed by atoms with van der Waals surface area (Å²) in [6, 6.07) is 24.3. The zero-order chi connectivity index (χ0) is 14.2. The molecule has 3 aromatic carbocycles. The van der Waals surface area contributed by atoms with E-state index in [1.807, 2.05) is 42.5 Å². The molecule has 0 N–H and O–H groups in total. The molecular formula is C19H13NO. The van der Waals surface area contributed by atoms with Crippen molar-refractivity contribution >= 4 is 28.1 Å². The molecule has 1 aromatic heterocycles. The molecule has 0 bridgehead atoms. The molecular weight excluding hydrogens is 258 g/mol. The van der Waals surface area contributed by atoms with E-state index in [9.17, 15) is 4.79 Å². The van der Waals surface area contributed by atoms with Crippen LogP contribution < -0.4 is 0 Å². The Bertz CT molecular complexity index is 951. The summed E-state index contributed by atoms with van der Waals surface area (Å²) in [6.45, 7) is 0. The van der Waals surface area contributed by atoms with Gasteiger partial charge in [-0.2, -0.15) is 0 Å². The highest BCUT2D eigenvalue weighted by Gasteiger charge is 2.14. The summed E-state index contributed by atoms with van der Waals surface area (Å²) in [5, 5.41) is 2.28. The molecule has 2 nitrogen and oxygen atoms in total. The number of fused-ring (bicyclic) bond motifs is 3. The van der Waals surface area contributed by atoms with Crippen LogP contribution in [0.3, 0.4) is 0 Å². The van der Waals surface area contributed by atoms with Gasteiger partial charge in [-0.3, -0.25) is 4.79 Å². The molecule has 4 aromatic rings. The smallest absolute Gasteiger partial charge is 0.152 e. The van der Waals surface area contributed by atoms with E-state index in [-0.39, 0.29) is 0 Å². The molecule has 4 rings (SSSR count). The lowest BCUT2D eigenvalue weighted by Crippen LogP contribution is -1.95. The molecule has 0 spiro atoms. The Labute approximate surface area is 122 Å². The second kappa shape index (κ2) is 4.60. The normalized spacial score (nSPS) is 11.0. The van der Waals surface area contributed by atoms with Crippen molar-refractivity contribution < 1.29 is 4.79 Å². The number of aldehydes is 1. The van der Waals surface area contributed by atoms with Crippen molar-refractivity contribution in [2.45, 2.75) is 0 Å². The van der Waals surface area contributed by atoms with Gasteiger partial charge in [-0.15, -0.1) is 0 Å². The van der Waals surface area contributed by atoms with Gasteiger partial charge >= 0.3 is 0 Å². The van der Waals surface area contributed by atoms with Crippen LogP contribution in [-0.4, -0.2) is 10.9 Å². The summed E-state index contributed by atoms with van der Waals surface area (Å²) >= 11 is 0. The minimum absolute atomic E-state index is 0.715. The van der Waals surface area contributed by atoms with Gasteiger partial charge < -0.3 is 4.57 Å². The van der Waals surface area contributed by atoms with Crippen molar-refractivity contribution in [1.29, 1.82) is 0 Å². The van der Waals surface area contributed by atoms with Gasteiger partial charge in [-0.1, -0.05) is 48.5 Å². The van der Waals surface area contributed by atoms with Crippen molar-refractivity contribution in [3.8, 4) is 5.69 Å². The van der Waals surface area contributed by atoms with E-state index < -0.39 is 0 Å². The van der Waals surface area contributed by atoms with Crippen molar-refractivity contribution in [1.82, 2.24) is 4.57 Å². The van der Waals surface area contributed by atoms with Crippen LogP contribution in [-0.2, 0) is 0 Å². The number of hydrogen-bond donors (Lipinski definition) is 0. The summed E-state index contributed by atoms with van der Waals surface area (Å²) in [5.41, 5.74) is 3.87. The highest BCUT2D eigenvalue weighted by atomic mass is 16.1. The first kappa shape index (κ1) is 11.9. The van der Waals surface area contributed by atoms with E-state index in [4.69, 9.17) is 0 Å². The van der Waals surface area contributed by atoms with E-state index >= 15 is 0 Å². The molecule has 0 aliphatic carbocycles. The SMILES string of the molecule is O=Cc1cccc2c3ccccc3n(-c3ccccc3)c12. The lowest BCUT2D eigenvalue weighted by atomic mass is 10.1. The molecule has 0 aliphatic heterocycles. The minimum atomic E-state index is 0.715. The van der Waals surface area contributed by atoms with Gasteiger partial charge in [-0.05, 0) is 24.3 Å². The Morgan fingerprint density at radius 2 is 1.43 bits per heavy atom. The van der Waals surface area contributed by atoms with Crippen LogP contribution in [0.2, 0.25) is 0 Å². The Morgan fingerprint density at radius 1 is 0.714 bits per heavy atom. The van der Waals surface area contributed by atoms with Crippen LogP contribution >= 0.6 is 0 Å². The third kappa shape index (κ3) is 1.69. The molecule has 1 heterocycles. The first-order valence-corrected chi connectivity index (χ1v) is 6.93. The molecule has 0 fully saturated rings. The molecule has 0 saturated heterocycles. The van der Waals surface area contributed by atoms with Gasteiger partial charge in [0.15, 0.2) is 6.29 Å². The first-order chi connectivity index (χ1) is 10.4. The van der Waals surface area contributed by atoms with Gasteiger partial charge in [0.1, 0.15) is 0 Å². The lowest BCUT2D eigenvalue weighted by molar-refractivity contribution is 0.112. The van der Waals surface area contributed by atoms with Crippen LogP contribution in [0, 0.1) is 0 Å². The molecule has 21 heavy (non-hydrogen) atoms. The predicted octanol–water partition coefficient (Wildman–Crippen LogP) is 4.60. The van der Waals surface area contributed by atoms with E-state index in [1.165, 1.54) is 5.39 Å². The molecule has 100 valence electrons. The third-order valence-corrected chi connectivity index (χ3v) is 3.87. The van der Waals surface area contributed by atoms with E-state index in [0.29, 0.717) is 5.56 Å². The maximum atomic E-state index is 11.5. The van der Waals surface area contributed by atoms with E-state index in [0.717, 1.165) is 28.4 Å². The van der Waals surface area contributed by atoms with Gasteiger partial charge in [-0.25, -0.2) is 0 Å². The fourth-order valence-electron chi connectivity index (χ4n) is 2.99. The first-order valence-electron chi connectivity index (χ1n) is 6.93. The molecule has 0 atom stereocenters. The number of nitrogens with zero attached hydrogens (tertiary/aromatic N) is 1. The van der Waals surface area contributed by atoms with Crippen molar-refractivity contribution in [3.63, 3.8) is 0 Å². The quantitative estimate of drug-likeness (QED) is 0.488. The largest absolute Gasteiger partial charge is 0.309 e. The second-order valence-corrected chi connectivity index (χ2v) is 5.05. The number of rotatable bonds is 2. The molecule has 0 saturated carbocycles. The summed E-state index contributed by atoms with van der Waals surface area (Å²) in [5.74, 6) is 0. The van der Waals surface area contributed by atoms with Crippen LogP contribution in [0.4, 0.5) is 0 Å². The molecule has 0 amide bonds. The van der Waals surface area contributed by atoms with Crippen LogP contribution in [0.1, 0.15) is 10.4 Å². The second-order valence-electron chi connectivity index (χ2n) is 5.05. The minimum Gasteiger partial charge on any atom is -0.309 e. The standard InChI is InChI=1S/C19H13NO/c21-13-14-7-6-11-17-16-10-4-5-12-18(16)20(19(14)17)15-8-2-1-3-9-15/h1-13H. The summed E-state index contributed by atoms with van der Waals surface area (Å²) in [6.07, 6.45) is 0.931. The van der Waals surface area contributed by atoms with Gasteiger partial charge in [0.25, 0.3) is 0 Å². The van der Waals surface area contributed by atoms with E-state index in [2.05, 4.69) is 34.9 Å². The molecule has 0 aliphatic rings. The number of aromatic nitrogens is 1. The van der Waals surface area contributed by atoms with Gasteiger partial charge in [0, 0.05) is 22.0 Å². The number of hydrogen-bond acceptors (Lipinski definition) is 1. The Kier molecular flexibility index (Phi) is 2.61. The van der Waals surface area contributed by atoms with Crippen molar-refractivity contribution in [2.75, 3.05) is 0 Å². The number of benzene rings is 3. The molecule has 0 radical (unpaired) electrons. The Hall–Kier alpha value is -2.87. The Morgan fingerprint density at radius 3 is 2.24 bits per heavy atom. The maximum absolute atomic E-state index is 11.5. The fourth-order valence-corrected chi connectivity index (χ4v) is 2.99. The fraction of sp³-hybridized carbons (Fsp3) is 0. The third-order valence-electron chi connectivity index (χ3n) is 3.87.